The Labute approximate surface area is 64.0 Å². The minimum Gasteiger partial charge on any atom is -0.108 e. The second-order valence-corrected chi connectivity index (χ2v) is 1.72. The monoisotopic (exact) mass is 182 g/mol. The zero-order chi connectivity index (χ0) is 6.95. The van der Waals surface area contributed by atoms with E-state index in [1.807, 2.05) is 36.4 Å². The van der Waals surface area contributed by atoms with Crippen LogP contribution < -0.4 is 0 Å². The van der Waals surface area contributed by atoms with E-state index in [0.717, 1.165) is 0 Å². The van der Waals surface area contributed by atoms with Crippen LogP contribution in [0, 0.1) is 11.3 Å². The third kappa shape index (κ3) is 7.26. The van der Waals surface area contributed by atoms with Crippen molar-refractivity contribution in [2.75, 3.05) is 0 Å². The number of terminal acetylenes is 1. The number of benzene rings is 1. The average Bonchev–Trinajstić information content (AvgIpc) is 1.93. The Bertz CT molecular complexity index is 135. The van der Waals surface area contributed by atoms with Gasteiger partial charge in [-0.3, -0.25) is 0 Å². The summed E-state index contributed by atoms with van der Waals surface area (Å²) in [6.07, 6.45) is 4.51. The Morgan fingerprint density at radius 1 is 0.889 bits per heavy atom. The van der Waals surface area contributed by atoms with Crippen LogP contribution in [0.15, 0.2) is 36.4 Å². The van der Waals surface area contributed by atoms with Crippen LogP contribution >= 0.6 is 15.9 Å². The number of rotatable bonds is 0. The van der Waals surface area contributed by atoms with Gasteiger partial charge in [-0.15, -0.1) is 6.42 Å². The summed E-state index contributed by atoms with van der Waals surface area (Å²) in [4.78, 5) is 2.06. The molecule has 0 aromatic heterocycles. The Morgan fingerprint density at radius 3 is 1.11 bits per heavy atom. The van der Waals surface area contributed by atoms with Crippen LogP contribution in [0.5, 0.6) is 0 Å². The van der Waals surface area contributed by atoms with Gasteiger partial charge in [-0.1, -0.05) is 36.4 Å². The maximum Gasteiger partial charge on any atom is 0.0103 e. The van der Waals surface area contributed by atoms with E-state index in [4.69, 9.17) is 0 Å². The Balaban J connectivity index is 0.000000187. The van der Waals surface area contributed by atoms with E-state index >= 15 is 0 Å². The largest absolute Gasteiger partial charge is 0.108 e. The summed E-state index contributed by atoms with van der Waals surface area (Å²) >= 11 is 2.67. The molecule has 1 aromatic rings. The first-order valence-electron chi connectivity index (χ1n) is 2.48. The number of hydrogen-bond donors (Lipinski definition) is 0. The van der Waals surface area contributed by atoms with Gasteiger partial charge in [0.15, 0.2) is 0 Å². The predicted molar refractivity (Wildman–Crippen MR) is 44.2 cm³/mol. The second kappa shape index (κ2) is 7.26. The Kier molecular flexibility index (Phi) is 6.66. The maximum absolute atomic E-state index is 4.51. The van der Waals surface area contributed by atoms with E-state index in [2.05, 4.69) is 27.2 Å². The number of hydrogen-bond acceptors (Lipinski definition) is 0. The molecule has 0 aliphatic rings. The van der Waals surface area contributed by atoms with Gasteiger partial charge in [0.1, 0.15) is 0 Å². The third-order valence-electron chi connectivity index (χ3n) is 0.667. The zero-order valence-electron chi connectivity index (χ0n) is 4.92. The Morgan fingerprint density at radius 2 is 1.00 bits per heavy atom. The van der Waals surface area contributed by atoms with Crippen molar-refractivity contribution in [3.63, 3.8) is 0 Å². The van der Waals surface area contributed by atoms with Gasteiger partial charge in [-0.05, 0) is 4.83 Å². The summed E-state index contributed by atoms with van der Waals surface area (Å²) in [7, 11) is 0. The molecule has 9 heavy (non-hydrogen) atoms. The molecule has 46 valence electrons. The standard InChI is InChI=1S/C6H6.C2HBr/c1-2-4-6-5-3-1;1-2-3/h1-6H;1H. The summed E-state index contributed by atoms with van der Waals surface area (Å²) in [6, 6.07) is 12.0. The molecule has 0 unspecified atom stereocenters. The molecule has 1 rings (SSSR count). The summed E-state index contributed by atoms with van der Waals surface area (Å²) in [6.45, 7) is 0. The van der Waals surface area contributed by atoms with Crippen molar-refractivity contribution in [2.45, 2.75) is 0 Å². The van der Waals surface area contributed by atoms with E-state index in [1.165, 1.54) is 0 Å². The molecule has 0 heterocycles. The highest BCUT2D eigenvalue weighted by molar-refractivity contribution is 9.12. The van der Waals surface area contributed by atoms with Crippen molar-refractivity contribution in [1.82, 2.24) is 0 Å². The molecule has 1 aromatic carbocycles. The van der Waals surface area contributed by atoms with E-state index in [1.54, 1.807) is 0 Å². The molecule has 0 amide bonds. The van der Waals surface area contributed by atoms with Crippen molar-refractivity contribution < 1.29 is 0 Å². The van der Waals surface area contributed by atoms with Crippen LogP contribution in [0.4, 0.5) is 0 Å². The van der Waals surface area contributed by atoms with Gasteiger partial charge in [-0.25, -0.2) is 0 Å². The van der Waals surface area contributed by atoms with Gasteiger partial charge in [0, 0.05) is 15.9 Å². The van der Waals surface area contributed by atoms with Crippen molar-refractivity contribution in [2.24, 2.45) is 0 Å². The highest BCUT2D eigenvalue weighted by atomic mass is 79.9. The summed E-state index contributed by atoms with van der Waals surface area (Å²) in [5.74, 6) is 0. The van der Waals surface area contributed by atoms with Crippen LogP contribution in [0.1, 0.15) is 0 Å². The van der Waals surface area contributed by atoms with E-state index < -0.39 is 0 Å². The smallest absolute Gasteiger partial charge is 0.0103 e. The minimum absolute atomic E-state index is 2.00. The lowest BCUT2D eigenvalue weighted by molar-refractivity contribution is 1.72. The highest BCUT2D eigenvalue weighted by Gasteiger charge is 1.57. The fourth-order valence-electron chi connectivity index (χ4n) is 0.385. The van der Waals surface area contributed by atoms with Gasteiger partial charge in [0.2, 0.25) is 0 Å². The van der Waals surface area contributed by atoms with Gasteiger partial charge in [-0.2, -0.15) is 0 Å². The molecule has 1 heteroatoms. The maximum atomic E-state index is 4.51. The van der Waals surface area contributed by atoms with Crippen molar-refractivity contribution >= 4 is 15.9 Å². The molecule has 0 atom stereocenters. The lowest BCUT2D eigenvalue weighted by atomic mass is 10.4. The minimum atomic E-state index is 2.00. The molecule has 0 spiro atoms. The Hall–Kier alpha value is -0.740. The topological polar surface area (TPSA) is 0 Å². The normalized spacial score (nSPS) is 6.22. The molecule has 0 saturated carbocycles. The number of halogens is 1. The van der Waals surface area contributed by atoms with Crippen LogP contribution in [-0.4, -0.2) is 0 Å². The van der Waals surface area contributed by atoms with Crippen molar-refractivity contribution in [3.8, 4) is 11.3 Å². The third-order valence-corrected chi connectivity index (χ3v) is 0.667. The molecule has 0 bridgehead atoms. The molecule has 0 saturated heterocycles. The fourth-order valence-corrected chi connectivity index (χ4v) is 0.385. The average molecular weight is 183 g/mol. The van der Waals surface area contributed by atoms with Gasteiger partial charge in [0.05, 0.1) is 0 Å². The molecule has 0 aliphatic carbocycles. The summed E-state index contributed by atoms with van der Waals surface area (Å²) in [5, 5.41) is 0. The quantitative estimate of drug-likeness (QED) is 0.542. The molecule has 0 N–H and O–H groups in total. The summed E-state index contributed by atoms with van der Waals surface area (Å²) < 4.78 is 0. The second-order valence-electron chi connectivity index (χ2n) is 1.26. The van der Waals surface area contributed by atoms with Crippen molar-refractivity contribution in [1.29, 1.82) is 0 Å². The lowest BCUT2D eigenvalue weighted by Crippen LogP contribution is -1.47. The molecule has 0 radical (unpaired) electrons. The highest BCUT2D eigenvalue weighted by Crippen LogP contribution is 1.79. The molecule has 0 aliphatic heterocycles. The molecule has 0 nitrogen and oxygen atoms in total. The van der Waals surface area contributed by atoms with E-state index in [0.29, 0.717) is 0 Å². The van der Waals surface area contributed by atoms with E-state index in [9.17, 15) is 0 Å². The molecular formula is C8H7Br. The van der Waals surface area contributed by atoms with E-state index in [-0.39, 0.29) is 0 Å². The van der Waals surface area contributed by atoms with Gasteiger partial charge >= 0.3 is 0 Å². The first-order chi connectivity index (χ1) is 4.41. The predicted octanol–water partition coefficient (Wildman–Crippen LogP) is 2.66. The molecular weight excluding hydrogens is 176 g/mol. The summed E-state index contributed by atoms with van der Waals surface area (Å²) in [5.41, 5.74) is 0. The molecule has 0 fully saturated rings. The van der Waals surface area contributed by atoms with Gasteiger partial charge < -0.3 is 0 Å². The fraction of sp³-hybridized carbons (Fsp3) is 0. The SMILES string of the molecule is C#CBr.c1ccccc1. The van der Waals surface area contributed by atoms with Crippen molar-refractivity contribution in [3.05, 3.63) is 36.4 Å². The van der Waals surface area contributed by atoms with Gasteiger partial charge in [0.25, 0.3) is 0 Å². The first-order valence-corrected chi connectivity index (χ1v) is 3.27. The lowest BCUT2D eigenvalue weighted by Gasteiger charge is -1.69. The van der Waals surface area contributed by atoms with Crippen LogP contribution in [-0.2, 0) is 0 Å². The van der Waals surface area contributed by atoms with Crippen LogP contribution in [0.2, 0.25) is 0 Å². The van der Waals surface area contributed by atoms with Crippen LogP contribution in [0.3, 0.4) is 0 Å². The zero-order valence-corrected chi connectivity index (χ0v) is 6.51. The van der Waals surface area contributed by atoms with Crippen LogP contribution in [0.25, 0.3) is 0 Å². The first kappa shape index (κ1) is 8.26.